The van der Waals surface area contributed by atoms with Gasteiger partial charge in [0.25, 0.3) is 11.7 Å². The van der Waals surface area contributed by atoms with Crippen LogP contribution in [0.3, 0.4) is 0 Å². The fourth-order valence-electron chi connectivity index (χ4n) is 3.85. The number of aliphatic hydroxyl groups excluding tert-OH is 1. The molecule has 0 spiro atoms. The third-order valence-corrected chi connectivity index (χ3v) is 5.73. The molecule has 1 amide bonds. The standard InChI is InChI=1S/C26H22ClNO3/c1-16(2)17-11-13-18(14-12-17)23-22(24(29)19-7-4-3-5-8-19)25(30)26(31)28(23)21-10-6-9-20(27)15-21/h3-16,23,29H,1-2H3/b24-22+. The third kappa shape index (κ3) is 3.87. The third-order valence-electron chi connectivity index (χ3n) is 5.50. The molecule has 1 unspecified atom stereocenters. The van der Waals surface area contributed by atoms with Gasteiger partial charge in [-0.1, -0.05) is 86.1 Å². The van der Waals surface area contributed by atoms with Gasteiger partial charge in [-0.25, -0.2) is 0 Å². The smallest absolute Gasteiger partial charge is 0.300 e. The molecule has 4 nitrogen and oxygen atoms in total. The summed E-state index contributed by atoms with van der Waals surface area (Å²) in [6.45, 7) is 4.20. The molecule has 1 N–H and O–H groups in total. The number of benzene rings is 3. The highest BCUT2D eigenvalue weighted by atomic mass is 35.5. The monoisotopic (exact) mass is 431 g/mol. The maximum Gasteiger partial charge on any atom is 0.300 e. The van der Waals surface area contributed by atoms with Crippen molar-refractivity contribution in [3.63, 3.8) is 0 Å². The van der Waals surface area contributed by atoms with Gasteiger partial charge in [0.2, 0.25) is 0 Å². The van der Waals surface area contributed by atoms with Crippen molar-refractivity contribution < 1.29 is 14.7 Å². The summed E-state index contributed by atoms with van der Waals surface area (Å²) in [6.07, 6.45) is 0. The zero-order valence-electron chi connectivity index (χ0n) is 17.2. The first-order chi connectivity index (χ1) is 14.9. The number of hydrogen-bond acceptors (Lipinski definition) is 3. The van der Waals surface area contributed by atoms with Crippen LogP contribution in [0.5, 0.6) is 0 Å². The Balaban J connectivity index is 1.93. The highest BCUT2D eigenvalue weighted by molar-refractivity contribution is 6.51. The van der Waals surface area contributed by atoms with Gasteiger partial charge in [0.05, 0.1) is 11.6 Å². The number of carbonyl (C=O) groups excluding carboxylic acids is 2. The SMILES string of the molecule is CC(C)c1ccc(C2/C(=C(\O)c3ccccc3)C(=O)C(=O)N2c2cccc(Cl)c2)cc1. The first-order valence-electron chi connectivity index (χ1n) is 10.1. The van der Waals surface area contributed by atoms with Crippen molar-refractivity contribution in [3.05, 3.63) is 106 Å². The van der Waals surface area contributed by atoms with Crippen molar-refractivity contribution in [3.8, 4) is 0 Å². The number of Topliss-reactive ketones (excluding diaryl/α,β-unsaturated/α-hetero) is 1. The van der Waals surface area contributed by atoms with Crippen LogP contribution in [0.2, 0.25) is 5.02 Å². The molecule has 1 heterocycles. The Labute approximate surface area is 186 Å². The summed E-state index contributed by atoms with van der Waals surface area (Å²) in [6, 6.07) is 22.6. The molecule has 1 aliphatic rings. The summed E-state index contributed by atoms with van der Waals surface area (Å²) < 4.78 is 0. The van der Waals surface area contributed by atoms with Crippen molar-refractivity contribution in [2.45, 2.75) is 25.8 Å². The summed E-state index contributed by atoms with van der Waals surface area (Å²) in [4.78, 5) is 27.6. The quantitative estimate of drug-likeness (QED) is 0.309. The summed E-state index contributed by atoms with van der Waals surface area (Å²) in [5.41, 5.74) is 2.93. The molecule has 1 aliphatic heterocycles. The average Bonchev–Trinajstić information content (AvgIpc) is 3.04. The highest BCUT2D eigenvalue weighted by Crippen LogP contribution is 2.42. The normalized spacial score (nSPS) is 18.1. The number of hydrogen-bond donors (Lipinski definition) is 1. The number of rotatable bonds is 4. The van der Waals surface area contributed by atoms with Crippen LogP contribution in [0.4, 0.5) is 5.69 Å². The van der Waals surface area contributed by atoms with Gasteiger partial charge in [-0.3, -0.25) is 14.5 Å². The van der Waals surface area contributed by atoms with Gasteiger partial charge >= 0.3 is 0 Å². The number of aliphatic hydroxyl groups is 1. The zero-order chi connectivity index (χ0) is 22.1. The van der Waals surface area contributed by atoms with E-state index in [1.165, 1.54) is 4.90 Å². The largest absolute Gasteiger partial charge is 0.507 e. The van der Waals surface area contributed by atoms with E-state index in [0.717, 1.165) is 11.1 Å². The number of nitrogens with zero attached hydrogens (tertiary/aromatic N) is 1. The molecule has 0 aliphatic carbocycles. The predicted molar refractivity (Wildman–Crippen MR) is 123 cm³/mol. The Morgan fingerprint density at radius 3 is 2.23 bits per heavy atom. The van der Waals surface area contributed by atoms with E-state index >= 15 is 0 Å². The van der Waals surface area contributed by atoms with Crippen LogP contribution in [0, 0.1) is 0 Å². The lowest BCUT2D eigenvalue weighted by atomic mass is 9.93. The maximum atomic E-state index is 13.1. The van der Waals surface area contributed by atoms with Gasteiger partial charge in [-0.15, -0.1) is 0 Å². The van der Waals surface area contributed by atoms with Crippen LogP contribution in [0.25, 0.3) is 5.76 Å². The minimum absolute atomic E-state index is 0.0634. The minimum atomic E-state index is -0.764. The fraction of sp³-hybridized carbons (Fsp3) is 0.154. The molecule has 0 bridgehead atoms. The lowest BCUT2D eigenvalue weighted by molar-refractivity contribution is -0.132. The van der Waals surface area contributed by atoms with E-state index < -0.39 is 17.7 Å². The lowest BCUT2D eigenvalue weighted by Gasteiger charge is -2.26. The second-order valence-corrected chi connectivity index (χ2v) is 8.27. The molecule has 0 radical (unpaired) electrons. The van der Waals surface area contributed by atoms with Gasteiger partial charge in [0.15, 0.2) is 0 Å². The fourth-order valence-corrected chi connectivity index (χ4v) is 4.04. The maximum absolute atomic E-state index is 13.1. The number of carbonyl (C=O) groups is 2. The molecule has 0 aromatic heterocycles. The van der Waals surface area contributed by atoms with E-state index in [4.69, 9.17) is 11.6 Å². The van der Waals surface area contributed by atoms with Crippen molar-refractivity contribution in [1.29, 1.82) is 0 Å². The summed E-state index contributed by atoms with van der Waals surface area (Å²) >= 11 is 6.17. The molecule has 156 valence electrons. The molecule has 1 saturated heterocycles. The first-order valence-corrected chi connectivity index (χ1v) is 10.5. The van der Waals surface area contributed by atoms with Crippen molar-refractivity contribution >= 4 is 34.7 Å². The Morgan fingerprint density at radius 2 is 1.61 bits per heavy atom. The van der Waals surface area contributed by atoms with Crippen LogP contribution < -0.4 is 4.90 Å². The molecule has 31 heavy (non-hydrogen) atoms. The molecular weight excluding hydrogens is 410 g/mol. The van der Waals surface area contributed by atoms with Gasteiger partial charge in [-0.2, -0.15) is 0 Å². The average molecular weight is 432 g/mol. The van der Waals surface area contributed by atoms with E-state index in [0.29, 0.717) is 22.2 Å². The van der Waals surface area contributed by atoms with Gasteiger partial charge in [-0.05, 0) is 35.2 Å². The van der Waals surface area contributed by atoms with Gasteiger partial charge in [0.1, 0.15) is 5.76 Å². The van der Waals surface area contributed by atoms with Crippen LogP contribution in [0.15, 0.2) is 84.4 Å². The number of halogens is 1. The van der Waals surface area contributed by atoms with Crippen LogP contribution in [0.1, 0.15) is 42.5 Å². The molecular formula is C26H22ClNO3. The highest BCUT2D eigenvalue weighted by Gasteiger charge is 2.47. The van der Waals surface area contributed by atoms with E-state index in [2.05, 4.69) is 13.8 Å². The number of ketones is 1. The Hall–Kier alpha value is -3.37. The van der Waals surface area contributed by atoms with Crippen molar-refractivity contribution in [1.82, 2.24) is 0 Å². The molecule has 0 saturated carbocycles. The molecule has 5 heteroatoms. The van der Waals surface area contributed by atoms with E-state index in [-0.39, 0.29) is 11.3 Å². The minimum Gasteiger partial charge on any atom is -0.507 e. The van der Waals surface area contributed by atoms with Crippen molar-refractivity contribution in [2.24, 2.45) is 0 Å². The molecule has 1 atom stereocenters. The molecule has 3 aromatic carbocycles. The topological polar surface area (TPSA) is 57.6 Å². The summed E-state index contributed by atoms with van der Waals surface area (Å²) in [5.74, 6) is -1.27. The molecule has 4 rings (SSSR count). The molecule has 1 fully saturated rings. The first kappa shape index (κ1) is 20.9. The van der Waals surface area contributed by atoms with E-state index in [9.17, 15) is 14.7 Å². The molecule has 3 aromatic rings. The Bertz CT molecular complexity index is 1170. The zero-order valence-corrected chi connectivity index (χ0v) is 18.0. The predicted octanol–water partition coefficient (Wildman–Crippen LogP) is 6.09. The van der Waals surface area contributed by atoms with Crippen LogP contribution in [-0.4, -0.2) is 16.8 Å². The summed E-state index contributed by atoms with van der Waals surface area (Å²) in [5, 5.41) is 11.5. The number of amides is 1. The second-order valence-electron chi connectivity index (χ2n) is 7.84. The Kier molecular flexibility index (Phi) is 5.66. The van der Waals surface area contributed by atoms with E-state index in [1.54, 1.807) is 48.5 Å². The number of anilines is 1. The summed E-state index contributed by atoms with van der Waals surface area (Å²) in [7, 11) is 0. The second kappa shape index (κ2) is 8.40. The lowest BCUT2D eigenvalue weighted by Crippen LogP contribution is -2.29. The van der Waals surface area contributed by atoms with Gasteiger partial charge < -0.3 is 5.11 Å². The van der Waals surface area contributed by atoms with Crippen molar-refractivity contribution in [2.75, 3.05) is 4.90 Å². The Morgan fingerprint density at radius 1 is 0.935 bits per heavy atom. The van der Waals surface area contributed by atoms with Crippen LogP contribution in [-0.2, 0) is 9.59 Å². The van der Waals surface area contributed by atoms with E-state index in [1.807, 2.05) is 30.3 Å². The van der Waals surface area contributed by atoms with Crippen LogP contribution >= 0.6 is 11.6 Å². The van der Waals surface area contributed by atoms with Gasteiger partial charge in [0, 0.05) is 16.3 Å².